The maximum atomic E-state index is 12.4. The molecule has 0 radical (unpaired) electrons. The Balaban J connectivity index is 3.01. The third-order valence-corrected chi connectivity index (χ3v) is 2.75. The highest BCUT2D eigenvalue weighted by molar-refractivity contribution is 5.94. The molecule has 21 heavy (non-hydrogen) atoms. The Morgan fingerprint density at radius 3 is 2.52 bits per heavy atom. The SMILES string of the molecule is CCCc1cc(C(=O)N(C)CC(F)(F)F)cc(NCC)n1. The van der Waals surface area contributed by atoms with Gasteiger partial charge in [0.05, 0.1) is 0 Å². The Labute approximate surface area is 122 Å². The van der Waals surface area contributed by atoms with Gasteiger partial charge in [0.15, 0.2) is 0 Å². The summed E-state index contributed by atoms with van der Waals surface area (Å²) in [6.45, 7) is 3.20. The lowest BCUT2D eigenvalue weighted by Gasteiger charge is -2.19. The molecule has 118 valence electrons. The lowest BCUT2D eigenvalue weighted by molar-refractivity contribution is -0.138. The monoisotopic (exact) mass is 303 g/mol. The molecule has 1 N–H and O–H groups in total. The van der Waals surface area contributed by atoms with E-state index in [0.717, 1.165) is 13.5 Å². The fraction of sp³-hybridized carbons (Fsp3) is 0.571. The van der Waals surface area contributed by atoms with E-state index in [4.69, 9.17) is 0 Å². The minimum Gasteiger partial charge on any atom is -0.370 e. The molecule has 0 aliphatic rings. The molecule has 1 amide bonds. The van der Waals surface area contributed by atoms with Crippen LogP contribution in [0.4, 0.5) is 19.0 Å². The molecule has 0 saturated heterocycles. The number of carbonyl (C=O) groups is 1. The summed E-state index contributed by atoms with van der Waals surface area (Å²) in [5.41, 5.74) is 0.913. The highest BCUT2D eigenvalue weighted by Gasteiger charge is 2.31. The number of hydrogen-bond acceptors (Lipinski definition) is 3. The average Bonchev–Trinajstić information content (AvgIpc) is 2.36. The first-order valence-corrected chi connectivity index (χ1v) is 6.83. The standard InChI is InChI=1S/C14H20F3N3O/c1-4-6-11-7-10(8-12(19-11)18-5-2)13(21)20(3)9-14(15,16)17/h7-8H,4-6,9H2,1-3H3,(H,18,19). The predicted octanol–water partition coefficient (Wildman–Crippen LogP) is 3.10. The zero-order valence-electron chi connectivity index (χ0n) is 12.4. The summed E-state index contributed by atoms with van der Waals surface area (Å²) < 4.78 is 37.1. The van der Waals surface area contributed by atoms with Crippen molar-refractivity contribution in [2.75, 3.05) is 25.5 Å². The third-order valence-electron chi connectivity index (χ3n) is 2.75. The number of nitrogens with one attached hydrogen (secondary N) is 1. The molecular formula is C14H20F3N3O. The maximum absolute atomic E-state index is 12.4. The van der Waals surface area contributed by atoms with E-state index in [9.17, 15) is 18.0 Å². The largest absolute Gasteiger partial charge is 0.406 e. The van der Waals surface area contributed by atoms with Crippen molar-refractivity contribution in [1.82, 2.24) is 9.88 Å². The summed E-state index contributed by atoms with van der Waals surface area (Å²) in [6, 6.07) is 3.04. The fourth-order valence-electron chi connectivity index (χ4n) is 1.93. The maximum Gasteiger partial charge on any atom is 0.406 e. The summed E-state index contributed by atoms with van der Waals surface area (Å²) in [4.78, 5) is 17.1. The second-order valence-electron chi connectivity index (χ2n) is 4.79. The molecule has 0 saturated carbocycles. The van der Waals surface area contributed by atoms with Crippen LogP contribution < -0.4 is 5.32 Å². The smallest absolute Gasteiger partial charge is 0.370 e. The quantitative estimate of drug-likeness (QED) is 0.878. The molecular weight excluding hydrogens is 283 g/mol. The molecule has 0 bridgehead atoms. The first kappa shape index (κ1) is 17.3. The molecule has 0 spiro atoms. The van der Waals surface area contributed by atoms with E-state index in [-0.39, 0.29) is 5.56 Å². The summed E-state index contributed by atoms with van der Waals surface area (Å²) in [6.07, 6.45) is -2.90. The first-order valence-electron chi connectivity index (χ1n) is 6.83. The van der Waals surface area contributed by atoms with Crippen molar-refractivity contribution in [3.8, 4) is 0 Å². The molecule has 0 aromatic carbocycles. The minimum absolute atomic E-state index is 0.219. The average molecular weight is 303 g/mol. The van der Waals surface area contributed by atoms with Crippen LogP contribution in [-0.4, -0.2) is 42.1 Å². The van der Waals surface area contributed by atoms with Gasteiger partial charge in [-0.1, -0.05) is 13.3 Å². The number of aryl methyl sites for hydroxylation is 1. The summed E-state index contributed by atoms with van der Waals surface area (Å²) >= 11 is 0. The molecule has 4 nitrogen and oxygen atoms in total. The number of amides is 1. The van der Waals surface area contributed by atoms with Crippen molar-refractivity contribution >= 4 is 11.7 Å². The highest BCUT2D eigenvalue weighted by atomic mass is 19.4. The van der Waals surface area contributed by atoms with Gasteiger partial charge in [-0.05, 0) is 25.5 Å². The van der Waals surface area contributed by atoms with E-state index in [1.54, 1.807) is 6.07 Å². The number of pyridine rings is 1. The van der Waals surface area contributed by atoms with Crippen molar-refractivity contribution in [3.05, 3.63) is 23.4 Å². The van der Waals surface area contributed by atoms with E-state index in [2.05, 4.69) is 10.3 Å². The minimum atomic E-state index is -4.41. The molecule has 0 unspecified atom stereocenters. The second kappa shape index (κ2) is 7.28. The summed E-state index contributed by atoms with van der Waals surface area (Å²) in [7, 11) is 1.14. The zero-order valence-corrected chi connectivity index (χ0v) is 12.4. The highest BCUT2D eigenvalue weighted by Crippen LogP contribution is 2.19. The van der Waals surface area contributed by atoms with Crippen molar-refractivity contribution < 1.29 is 18.0 Å². The van der Waals surface area contributed by atoms with Crippen LogP contribution in [0, 0.1) is 0 Å². The Morgan fingerprint density at radius 2 is 2.00 bits per heavy atom. The topological polar surface area (TPSA) is 45.2 Å². The van der Waals surface area contributed by atoms with Gasteiger partial charge in [0.25, 0.3) is 5.91 Å². The number of carbonyl (C=O) groups excluding carboxylic acids is 1. The molecule has 1 aromatic heterocycles. The van der Waals surface area contributed by atoms with E-state index < -0.39 is 18.6 Å². The number of nitrogens with zero attached hydrogens (tertiary/aromatic N) is 2. The number of alkyl halides is 3. The van der Waals surface area contributed by atoms with E-state index in [1.165, 1.54) is 6.07 Å². The van der Waals surface area contributed by atoms with Crippen molar-refractivity contribution in [2.24, 2.45) is 0 Å². The van der Waals surface area contributed by atoms with Crippen LogP contribution in [0.25, 0.3) is 0 Å². The van der Waals surface area contributed by atoms with Crippen LogP contribution in [0.2, 0.25) is 0 Å². The number of aromatic nitrogens is 1. The Morgan fingerprint density at radius 1 is 1.33 bits per heavy atom. The fourth-order valence-corrected chi connectivity index (χ4v) is 1.93. The van der Waals surface area contributed by atoms with Crippen molar-refractivity contribution in [2.45, 2.75) is 32.9 Å². The van der Waals surface area contributed by atoms with Gasteiger partial charge in [-0.3, -0.25) is 4.79 Å². The predicted molar refractivity (Wildman–Crippen MR) is 75.4 cm³/mol. The van der Waals surface area contributed by atoms with Gasteiger partial charge in [-0.25, -0.2) is 4.98 Å². The van der Waals surface area contributed by atoms with Crippen LogP contribution in [0.3, 0.4) is 0 Å². The van der Waals surface area contributed by atoms with Gasteiger partial charge in [-0.2, -0.15) is 13.2 Å². The number of anilines is 1. The second-order valence-corrected chi connectivity index (χ2v) is 4.79. The summed E-state index contributed by atoms with van der Waals surface area (Å²) in [5, 5.41) is 2.98. The van der Waals surface area contributed by atoms with Gasteiger partial charge in [0, 0.05) is 24.8 Å². The zero-order chi connectivity index (χ0) is 16.0. The van der Waals surface area contributed by atoms with E-state index in [0.29, 0.717) is 29.4 Å². The number of hydrogen-bond donors (Lipinski definition) is 1. The van der Waals surface area contributed by atoms with E-state index in [1.807, 2.05) is 13.8 Å². The van der Waals surface area contributed by atoms with Crippen molar-refractivity contribution in [1.29, 1.82) is 0 Å². The third kappa shape index (κ3) is 5.61. The van der Waals surface area contributed by atoms with E-state index >= 15 is 0 Å². The lowest BCUT2D eigenvalue weighted by Crippen LogP contribution is -2.35. The van der Waals surface area contributed by atoms with Gasteiger partial charge >= 0.3 is 6.18 Å². The normalized spacial score (nSPS) is 11.3. The molecule has 1 aromatic rings. The Hall–Kier alpha value is -1.79. The van der Waals surface area contributed by atoms with Gasteiger partial charge in [0.1, 0.15) is 12.4 Å². The Bertz CT molecular complexity index is 465. The molecule has 0 atom stereocenters. The first-order chi connectivity index (χ1) is 9.76. The summed E-state index contributed by atoms with van der Waals surface area (Å²) in [5.74, 6) is -0.154. The van der Waals surface area contributed by atoms with Crippen LogP contribution in [0.1, 0.15) is 36.3 Å². The van der Waals surface area contributed by atoms with Crippen LogP contribution >= 0.6 is 0 Å². The molecule has 1 heterocycles. The molecule has 0 aliphatic carbocycles. The molecule has 1 rings (SSSR count). The number of halogens is 3. The molecule has 0 fully saturated rings. The van der Waals surface area contributed by atoms with Gasteiger partial charge in [0.2, 0.25) is 0 Å². The van der Waals surface area contributed by atoms with Crippen LogP contribution in [0.5, 0.6) is 0 Å². The molecule has 0 aliphatic heterocycles. The Kier molecular flexibility index (Phi) is 5.99. The van der Waals surface area contributed by atoms with Crippen molar-refractivity contribution in [3.63, 3.8) is 0 Å². The lowest BCUT2D eigenvalue weighted by atomic mass is 10.1. The van der Waals surface area contributed by atoms with Crippen LogP contribution in [0.15, 0.2) is 12.1 Å². The van der Waals surface area contributed by atoms with Gasteiger partial charge < -0.3 is 10.2 Å². The van der Waals surface area contributed by atoms with Crippen LogP contribution in [-0.2, 0) is 6.42 Å². The molecule has 7 heteroatoms. The van der Waals surface area contributed by atoms with Gasteiger partial charge in [-0.15, -0.1) is 0 Å². The number of rotatable bonds is 6.